The molecule has 2 saturated heterocycles. The van der Waals surface area contributed by atoms with Crippen LogP contribution in [-0.4, -0.2) is 71.5 Å². The molecule has 2 aliphatic heterocycles. The monoisotopic (exact) mass is 674 g/mol. The van der Waals surface area contributed by atoms with Crippen molar-refractivity contribution in [2.24, 2.45) is 0 Å². The summed E-state index contributed by atoms with van der Waals surface area (Å²) in [5.74, 6) is 1.08. The highest BCUT2D eigenvalue weighted by atomic mass is 32.2. The third kappa shape index (κ3) is 6.61. The van der Waals surface area contributed by atoms with E-state index >= 15 is 0 Å². The number of carbonyl (C=O) groups excluding carboxylic acids is 1. The first-order valence-corrected chi connectivity index (χ1v) is 17.7. The molecule has 238 valence electrons. The van der Waals surface area contributed by atoms with Gasteiger partial charge in [-0.1, -0.05) is 66.8 Å². The number of carbonyl (C=O) groups is 1. The van der Waals surface area contributed by atoms with Crippen LogP contribution in [0, 0.1) is 0 Å². The number of hydrogen-bond acceptors (Lipinski definition) is 8. The number of methoxy groups -OCH3 is 2. The quantitative estimate of drug-likeness (QED) is 0.146. The minimum Gasteiger partial charge on any atom is -0.493 e. The van der Waals surface area contributed by atoms with Crippen LogP contribution < -0.4 is 9.47 Å². The third-order valence-corrected chi connectivity index (χ3v) is 11.3. The summed E-state index contributed by atoms with van der Waals surface area (Å²) < 4.78 is 41.6. The molecule has 3 aromatic carbocycles. The van der Waals surface area contributed by atoms with Crippen LogP contribution in [0.2, 0.25) is 0 Å². The fourth-order valence-electron chi connectivity index (χ4n) is 5.60. The van der Waals surface area contributed by atoms with E-state index in [0.717, 1.165) is 30.5 Å². The maximum Gasteiger partial charge on any atom is 0.266 e. The maximum absolute atomic E-state index is 13.6. The Morgan fingerprint density at radius 1 is 0.935 bits per heavy atom. The van der Waals surface area contributed by atoms with Gasteiger partial charge in [0, 0.05) is 37.0 Å². The second-order valence-corrected chi connectivity index (χ2v) is 14.6. The van der Waals surface area contributed by atoms with Gasteiger partial charge in [0.25, 0.3) is 5.91 Å². The topological polar surface area (TPSA) is 94.0 Å². The number of ether oxygens (including phenoxy) is 2. The summed E-state index contributed by atoms with van der Waals surface area (Å²) in [5.41, 5.74) is 3.71. The minimum absolute atomic E-state index is 0.185. The molecule has 46 heavy (non-hydrogen) atoms. The molecule has 0 aliphatic carbocycles. The summed E-state index contributed by atoms with van der Waals surface area (Å²) in [5, 5.41) is 4.87. The zero-order valence-corrected chi connectivity index (χ0v) is 28.0. The van der Waals surface area contributed by atoms with Crippen molar-refractivity contribution >= 4 is 50.3 Å². The molecular weight excluding hydrogens is 641 g/mol. The molecule has 2 fully saturated rings. The number of hydrogen-bond donors (Lipinski definition) is 0. The maximum atomic E-state index is 13.6. The van der Waals surface area contributed by atoms with Gasteiger partial charge in [-0.15, -0.1) is 0 Å². The zero-order chi connectivity index (χ0) is 32.3. The fourth-order valence-corrected chi connectivity index (χ4v) is 8.46. The van der Waals surface area contributed by atoms with Crippen LogP contribution in [0.15, 0.2) is 88.8 Å². The molecule has 0 N–H and O–H groups in total. The largest absolute Gasteiger partial charge is 0.493 e. The molecule has 9 nitrogen and oxygen atoms in total. The van der Waals surface area contributed by atoms with Crippen molar-refractivity contribution in [1.29, 1.82) is 0 Å². The Labute approximate surface area is 278 Å². The van der Waals surface area contributed by atoms with Gasteiger partial charge >= 0.3 is 0 Å². The van der Waals surface area contributed by atoms with Crippen molar-refractivity contribution in [2.45, 2.75) is 30.6 Å². The smallest absolute Gasteiger partial charge is 0.266 e. The second-order valence-electron chi connectivity index (χ2n) is 11.0. The average molecular weight is 675 g/mol. The van der Waals surface area contributed by atoms with Gasteiger partial charge < -0.3 is 9.47 Å². The van der Waals surface area contributed by atoms with Gasteiger partial charge in [0.05, 0.1) is 29.7 Å². The summed E-state index contributed by atoms with van der Waals surface area (Å²) >= 11 is 6.88. The van der Waals surface area contributed by atoms with Crippen LogP contribution in [0.1, 0.15) is 30.4 Å². The Morgan fingerprint density at radius 2 is 1.70 bits per heavy atom. The normalized spacial score (nSPS) is 16.7. The van der Waals surface area contributed by atoms with Crippen molar-refractivity contribution in [3.8, 4) is 28.4 Å². The highest BCUT2D eigenvalue weighted by molar-refractivity contribution is 8.26. The molecule has 12 heteroatoms. The van der Waals surface area contributed by atoms with Gasteiger partial charge in [-0.3, -0.25) is 9.69 Å². The number of thioether (sulfide) groups is 1. The van der Waals surface area contributed by atoms with E-state index in [9.17, 15) is 13.2 Å². The predicted octanol–water partition coefficient (Wildman–Crippen LogP) is 6.18. The molecule has 0 spiro atoms. The van der Waals surface area contributed by atoms with E-state index in [2.05, 4.69) is 0 Å². The zero-order valence-electron chi connectivity index (χ0n) is 25.6. The molecule has 1 aromatic heterocycles. The first kappa shape index (κ1) is 32.0. The van der Waals surface area contributed by atoms with Gasteiger partial charge in [0.1, 0.15) is 10.0 Å². The van der Waals surface area contributed by atoms with Gasteiger partial charge in [-0.2, -0.15) is 9.40 Å². The molecule has 2 aliphatic rings. The molecule has 0 unspecified atom stereocenters. The van der Waals surface area contributed by atoms with E-state index < -0.39 is 10.0 Å². The predicted molar refractivity (Wildman–Crippen MR) is 185 cm³/mol. The van der Waals surface area contributed by atoms with Crippen LogP contribution in [-0.2, 0) is 21.2 Å². The Morgan fingerprint density at radius 3 is 2.43 bits per heavy atom. The van der Waals surface area contributed by atoms with Crippen molar-refractivity contribution in [2.75, 3.05) is 33.9 Å². The number of para-hydroxylation sites is 1. The molecular formula is C34H34N4O5S3. The molecule has 6 rings (SSSR count). The number of aromatic nitrogens is 2. The summed E-state index contributed by atoms with van der Waals surface area (Å²) in [6.45, 7) is 1.45. The number of nitrogens with zero attached hydrogens (tertiary/aromatic N) is 4. The van der Waals surface area contributed by atoms with Gasteiger partial charge in [0.2, 0.25) is 10.0 Å². The van der Waals surface area contributed by atoms with Crippen molar-refractivity contribution in [3.05, 3.63) is 95.0 Å². The second kappa shape index (κ2) is 13.8. The number of benzene rings is 3. The van der Waals surface area contributed by atoms with Crippen LogP contribution in [0.3, 0.4) is 0 Å². The lowest BCUT2D eigenvalue weighted by molar-refractivity contribution is -0.122. The summed E-state index contributed by atoms with van der Waals surface area (Å²) in [7, 11) is -0.467. The lowest BCUT2D eigenvalue weighted by atomic mass is 10.1. The number of thiocarbonyl (C=S) groups is 1. The van der Waals surface area contributed by atoms with E-state index in [4.69, 9.17) is 26.8 Å². The average Bonchev–Trinajstić information content (AvgIpc) is 3.63. The molecule has 0 bridgehead atoms. The van der Waals surface area contributed by atoms with E-state index in [1.807, 2.05) is 60.8 Å². The van der Waals surface area contributed by atoms with Gasteiger partial charge in [-0.05, 0) is 67.3 Å². The molecule has 3 heterocycles. The van der Waals surface area contributed by atoms with Crippen LogP contribution in [0.25, 0.3) is 23.0 Å². The first-order valence-electron chi connectivity index (χ1n) is 15.0. The van der Waals surface area contributed by atoms with Crippen LogP contribution >= 0.6 is 24.0 Å². The van der Waals surface area contributed by atoms with Crippen molar-refractivity contribution in [3.63, 3.8) is 0 Å². The molecule has 1 amide bonds. The van der Waals surface area contributed by atoms with Crippen LogP contribution in [0.4, 0.5) is 0 Å². The lowest BCUT2D eigenvalue weighted by Crippen LogP contribution is -2.35. The number of sulfonamides is 1. The van der Waals surface area contributed by atoms with Gasteiger partial charge in [0.15, 0.2) is 11.5 Å². The Hall–Kier alpha value is -3.97. The summed E-state index contributed by atoms with van der Waals surface area (Å²) in [6.07, 6.45) is 6.98. The molecule has 4 aromatic rings. The number of amides is 1. The Kier molecular flexibility index (Phi) is 9.60. The first-order chi connectivity index (χ1) is 22.3. The molecule has 0 saturated carbocycles. The van der Waals surface area contributed by atoms with Gasteiger partial charge in [-0.25, -0.2) is 13.1 Å². The van der Waals surface area contributed by atoms with Crippen LogP contribution in [0.5, 0.6) is 11.5 Å². The minimum atomic E-state index is -3.65. The molecule has 0 atom stereocenters. The highest BCUT2D eigenvalue weighted by Gasteiger charge is 2.32. The Bertz CT molecular complexity index is 1900. The van der Waals surface area contributed by atoms with Crippen molar-refractivity contribution < 1.29 is 22.7 Å². The van der Waals surface area contributed by atoms with E-state index in [1.54, 1.807) is 52.4 Å². The van der Waals surface area contributed by atoms with E-state index in [1.165, 1.54) is 11.8 Å². The van der Waals surface area contributed by atoms with E-state index in [-0.39, 0.29) is 10.8 Å². The lowest BCUT2D eigenvalue weighted by Gasteiger charge is -2.26. The summed E-state index contributed by atoms with van der Waals surface area (Å²) in [6, 6.07) is 22.2. The number of piperidine rings is 1. The fraction of sp³-hybridized carbons (Fsp3) is 0.265. The summed E-state index contributed by atoms with van der Waals surface area (Å²) in [4.78, 5) is 16.0. The van der Waals surface area contributed by atoms with Crippen molar-refractivity contribution in [1.82, 2.24) is 19.0 Å². The molecule has 0 radical (unpaired) electrons. The number of rotatable bonds is 10. The SMILES string of the molecule is COc1ccc(CCN2C(=O)/C(=C/c3cn(-c4ccccc4)nc3-c3cccc(S(=O)(=O)N4CCCCC4)c3)SC2=S)cc1OC. The standard InChI is InChI=1S/C34H34N4O5S3/c1-42-29-15-14-24(20-30(29)43-2)16-19-37-33(39)31(45-34(37)44)22-26-23-38(27-11-5-3-6-12-27)35-32(26)25-10-9-13-28(21-25)46(40,41)36-17-7-4-8-18-36/h3,5-6,9-15,20-23H,4,7-8,16-19H2,1-2H3/b31-22-. The third-order valence-electron chi connectivity index (χ3n) is 8.06. The highest BCUT2D eigenvalue weighted by Crippen LogP contribution is 2.36. The Balaban J connectivity index is 1.31. The van der Waals surface area contributed by atoms with E-state index in [0.29, 0.717) is 63.6 Å².